The predicted molar refractivity (Wildman–Crippen MR) is 140 cm³/mol. The van der Waals surface area contributed by atoms with E-state index in [0.29, 0.717) is 25.8 Å². The first-order valence-electron chi connectivity index (χ1n) is 12.6. The average molecular weight is 542 g/mol. The van der Waals surface area contributed by atoms with Gasteiger partial charge in [0.15, 0.2) is 0 Å². The van der Waals surface area contributed by atoms with E-state index in [9.17, 15) is 18.0 Å². The van der Waals surface area contributed by atoms with Crippen LogP contribution in [0.25, 0.3) is 10.9 Å². The molecule has 11 nitrogen and oxygen atoms in total. The van der Waals surface area contributed by atoms with Gasteiger partial charge < -0.3 is 20.3 Å². The van der Waals surface area contributed by atoms with Crippen LogP contribution in [-0.4, -0.2) is 73.0 Å². The van der Waals surface area contributed by atoms with Crippen molar-refractivity contribution in [2.45, 2.75) is 50.6 Å². The topological polar surface area (TPSA) is 143 Å². The number of piperidine rings is 1. The Balaban J connectivity index is 1.43. The quantitative estimate of drug-likeness (QED) is 0.401. The average Bonchev–Trinajstić information content (AvgIpc) is 3.37. The second-order valence-corrected chi connectivity index (χ2v) is 11.3. The molecule has 2 aliphatic rings. The second-order valence-electron chi connectivity index (χ2n) is 9.70. The molecule has 12 heteroatoms. The van der Waals surface area contributed by atoms with Crippen LogP contribution in [0.5, 0.6) is 0 Å². The number of aryl methyl sites for hydroxylation is 1. The maximum Gasteiger partial charge on any atom is 0.408 e. The molecule has 2 amide bonds. The van der Waals surface area contributed by atoms with Crippen LogP contribution < -0.4 is 10.6 Å². The van der Waals surface area contributed by atoms with Crippen LogP contribution in [0.2, 0.25) is 0 Å². The standard InChI is InChI=1S/C26H31N5O6S/c1-38(34,35)37-24-14-27-12-11-23(24)31-15-20-18(7-9-21-19(20)13-28-30-21)8-10-22(25(31)32)29-26(33)36-16-17-5-3-2-4-6-17/h2-7,9,13,22-24,27H,8,10-12,14-16H2,1H3,(H,28,30)(H,29,33)/t22-,23?,24?/m1/s1. The number of H-pyrrole nitrogens is 1. The Labute approximate surface area is 221 Å². The number of fused-ring (bicyclic) bond motifs is 3. The number of carbonyl (C=O) groups excluding carboxylic acids is 2. The van der Waals surface area contributed by atoms with E-state index in [1.54, 1.807) is 11.1 Å². The van der Waals surface area contributed by atoms with Gasteiger partial charge in [-0.2, -0.15) is 13.5 Å². The normalized spacial score (nSPS) is 22.4. The Morgan fingerprint density at radius 1 is 1.18 bits per heavy atom. The van der Waals surface area contributed by atoms with Gasteiger partial charge >= 0.3 is 6.09 Å². The van der Waals surface area contributed by atoms with Crippen LogP contribution in [0.3, 0.4) is 0 Å². The summed E-state index contributed by atoms with van der Waals surface area (Å²) in [5.41, 5.74) is 3.67. The van der Waals surface area contributed by atoms with Gasteiger partial charge in [0.1, 0.15) is 18.8 Å². The van der Waals surface area contributed by atoms with Crippen molar-refractivity contribution < 1.29 is 26.9 Å². The number of carbonyl (C=O) groups is 2. The summed E-state index contributed by atoms with van der Waals surface area (Å²) in [4.78, 5) is 28.4. The fourth-order valence-corrected chi connectivity index (χ4v) is 5.88. The lowest BCUT2D eigenvalue weighted by Gasteiger charge is -2.42. The molecule has 1 fully saturated rings. The molecular weight excluding hydrogens is 510 g/mol. The van der Waals surface area contributed by atoms with Crippen molar-refractivity contribution in [2.75, 3.05) is 19.3 Å². The summed E-state index contributed by atoms with van der Waals surface area (Å²) >= 11 is 0. The van der Waals surface area contributed by atoms with E-state index in [1.807, 2.05) is 42.5 Å². The third-order valence-corrected chi connectivity index (χ3v) is 7.64. The van der Waals surface area contributed by atoms with Crippen LogP contribution in [0.1, 0.15) is 29.5 Å². The molecule has 3 heterocycles. The summed E-state index contributed by atoms with van der Waals surface area (Å²) in [6, 6.07) is 11.9. The van der Waals surface area contributed by atoms with Crippen molar-refractivity contribution in [3.63, 3.8) is 0 Å². The number of hydrogen-bond acceptors (Lipinski definition) is 8. The Kier molecular flexibility index (Phi) is 7.63. The van der Waals surface area contributed by atoms with Crippen molar-refractivity contribution in [3.05, 3.63) is 65.4 Å². The number of hydrogen-bond donors (Lipinski definition) is 3. The highest BCUT2D eigenvalue weighted by molar-refractivity contribution is 7.86. The molecule has 5 rings (SSSR count). The second kappa shape index (κ2) is 11.1. The van der Waals surface area contributed by atoms with Gasteiger partial charge in [0.05, 0.1) is 24.0 Å². The van der Waals surface area contributed by atoms with E-state index < -0.39 is 34.4 Å². The highest BCUT2D eigenvalue weighted by Crippen LogP contribution is 2.30. The molecule has 0 aliphatic carbocycles. The van der Waals surface area contributed by atoms with Gasteiger partial charge in [0.25, 0.3) is 10.1 Å². The van der Waals surface area contributed by atoms with Crippen LogP contribution in [0.15, 0.2) is 48.7 Å². The van der Waals surface area contributed by atoms with E-state index in [4.69, 9.17) is 8.92 Å². The first-order valence-corrected chi connectivity index (χ1v) is 14.4. The lowest BCUT2D eigenvalue weighted by molar-refractivity contribution is -0.139. The van der Waals surface area contributed by atoms with Gasteiger partial charge in [-0.05, 0) is 48.6 Å². The monoisotopic (exact) mass is 541 g/mol. The molecule has 2 aromatic carbocycles. The van der Waals surface area contributed by atoms with Crippen LogP contribution in [-0.2, 0) is 43.4 Å². The maximum atomic E-state index is 14.0. The molecular formula is C26H31N5O6S. The molecule has 2 aliphatic heterocycles. The van der Waals surface area contributed by atoms with E-state index in [2.05, 4.69) is 20.8 Å². The lowest BCUT2D eigenvalue weighted by atomic mass is 9.91. The molecule has 3 N–H and O–H groups in total. The van der Waals surface area contributed by atoms with Crippen molar-refractivity contribution >= 4 is 33.0 Å². The van der Waals surface area contributed by atoms with Crippen molar-refractivity contribution in [1.82, 2.24) is 25.7 Å². The molecule has 3 atom stereocenters. The van der Waals surface area contributed by atoms with Crippen LogP contribution >= 0.6 is 0 Å². The molecule has 3 aromatic rings. The Hall–Kier alpha value is -3.48. The molecule has 38 heavy (non-hydrogen) atoms. The third-order valence-electron chi connectivity index (χ3n) is 7.04. The minimum absolute atomic E-state index is 0.0805. The van der Waals surface area contributed by atoms with Gasteiger partial charge in [0, 0.05) is 18.5 Å². The smallest absolute Gasteiger partial charge is 0.408 e. The molecule has 202 valence electrons. The first-order chi connectivity index (χ1) is 18.3. The summed E-state index contributed by atoms with van der Waals surface area (Å²) in [6.07, 6.45) is 2.71. The number of rotatable bonds is 6. The largest absolute Gasteiger partial charge is 0.445 e. The van der Waals surface area contributed by atoms with Gasteiger partial charge in [-0.25, -0.2) is 4.79 Å². The minimum Gasteiger partial charge on any atom is -0.445 e. The van der Waals surface area contributed by atoms with Gasteiger partial charge in [-0.3, -0.25) is 14.1 Å². The highest BCUT2D eigenvalue weighted by Gasteiger charge is 2.40. The Morgan fingerprint density at radius 3 is 2.79 bits per heavy atom. The molecule has 1 saturated heterocycles. The van der Waals surface area contributed by atoms with Gasteiger partial charge in [-0.1, -0.05) is 36.4 Å². The minimum atomic E-state index is -3.76. The van der Waals surface area contributed by atoms with Gasteiger partial charge in [-0.15, -0.1) is 0 Å². The predicted octanol–water partition coefficient (Wildman–Crippen LogP) is 1.84. The van der Waals surface area contributed by atoms with Crippen molar-refractivity contribution in [3.8, 4) is 0 Å². The van der Waals surface area contributed by atoms with E-state index in [-0.39, 0.29) is 25.6 Å². The van der Waals surface area contributed by atoms with Crippen LogP contribution in [0, 0.1) is 0 Å². The van der Waals surface area contributed by atoms with Crippen molar-refractivity contribution in [1.29, 1.82) is 0 Å². The molecule has 2 unspecified atom stereocenters. The fourth-order valence-electron chi connectivity index (χ4n) is 5.23. The number of amides is 2. The van der Waals surface area contributed by atoms with E-state index >= 15 is 0 Å². The first kappa shape index (κ1) is 26.1. The Bertz CT molecular complexity index is 1410. The summed E-state index contributed by atoms with van der Waals surface area (Å²) in [5.74, 6) is -0.304. The SMILES string of the molecule is CS(=O)(=O)OC1CNCCC1N1Cc2c(ccc3[nH]ncc23)CC[C@@H](NC(=O)OCc2ccccc2)C1=O. The zero-order valence-corrected chi connectivity index (χ0v) is 21.9. The molecule has 0 spiro atoms. The summed E-state index contributed by atoms with van der Waals surface area (Å²) in [5, 5.41) is 14.0. The number of benzene rings is 2. The molecule has 0 radical (unpaired) electrons. The number of aromatic amines is 1. The summed E-state index contributed by atoms with van der Waals surface area (Å²) in [7, 11) is -3.76. The van der Waals surface area contributed by atoms with Crippen LogP contribution in [0.4, 0.5) is 4.79 Å². The molecule has 0 bridgehead atoms. The number of ether oxygens (including phenoxy) is 1. The zero-order chi connectivity index (χ0) is 26.7. The molecule has 0 saturated carbocycles. The summed E-state index contributed by atoms with van der Waals surface area (Å²) < 4.78 is 34.9. The van der Waals surface area contributed by atoms with E-state index in [0.717, 1.165) is 33.8 Å². The van der Waals surface area contributed by atoms with E-state index in [1.165, 1.54) is 0 Å². The highest BCUT2D eigenvalue weighted by atomic mass is 32.2. The Morgan fingerprint density at radius 2 is 2.00 bits per heavy atom. The zero-order valence-electron chi connectivity index (χ0n) is 21.1. The van der Waals surface area contributed by atoms with Crippen molar-refractivity contribution in [2.24, 2.45) is 0 Å². The molecule has 1 aromatic heterocycles. The number of aromatic nitrogens is 2. The van der Waals surface area contributed by atoms with Gasteiger partial charge in [0.2, 0.25) is 5.91 Å². The number of nitrogens with zero attached hydrogens (tertiary/aromatic N) is 2. The maximum absolute atomic E-state index is 14.0. The summed E-state index contributed by atoms with van der Waals surface area (Å²) in [6.45, 7) is 1.19. The number of alkyl carbamates (subject to hydrolysis) is 1. The fraction of sp³-hybridized carbons (Fsp3) is 0.423. The third kappa shape index (κ3) is 5.98. The number of nitrogens with one attached hydrogen (secondary N) is 3. The lowest BCUT2D eigenvalue weighted by Crippen LogP contribution is -2.59.